The highest BCUT2D eigenvalue weighted by Crippen LogP contribution is 2.11. The first-order valence-electron chi connectivity index (χ1n) is 3.62. The van der Waals surface area contributed by atoms with Gasteiger partial charge in [0.1, 0.15) is 0 Å². The molecule has 0 aromatic carbocycles. The first-order chi connectivity index (χ1) is 5.11. The van der Waals surface area contributed by atoms with Crippen LogP contribution in [0.1, 0.15) is 13.3 Å². The molecular formula is C7H11NO3. The van der Waals surface area contributed by atoms with Crippen LogP contribution in [-0.4, -0.2) is 35.0 Å². The number of β-lactam (4-membered cyclic amide) rings is 1. The van der Waals surface area contributed by atoms with Gasteiger partial charge in [0, 0.05) is 19.5 Å². The highest BCUT2D eigenvalue weighted by atomic mass is 16.4. The van der Waals surface area contributed by atoms with E-state index in [2.05, 4.69) is 0 Å². The van der Waals surface area contributed by atoms with Crippen LogP contribution < -0.4 is 0 Å². The molecule has 0 aromatic rings. The van der Waals surface area contributed by atoms with Gasteiger partial charge in [-0.15, -0.1) is 0 Å². The van der Waals surface area contributed by atoms with Crippen molar-refractivity contribution in [2.45, 2.75) is 13.3 Å². The topological polar surface area (TPSA) is 57.6 Å². The van der Waals surface area contributed by atoms with Crippen molar-refractivity contribution < 1.29 is 14.7 Å². The average Bonchev–Trinajstić information content (AvgIpc) is 1.96. The van der Waals surface area contributed by atoms with E-state index in [0.29, 0.717) is 13.0 Å². The first-order valence-corrected chi connectivity index (χ1v) is 3.62. The van der Waals surface area contributed by atoms with Crippen LogP contribution in [0.4, 0.5) is 0 Å². The lowest BCUT2D eigenvalue weighted by Crippen LogP contribution is -2.46. The summed E-state index contributed by atoms with van der Waals surface area (Å²) in [4.78, 5) is 22.6. The van der Waals surface area contributed by atoms with Gasteiger partial charge in [0.05, 0.1) is 5.92 Å². The summed E-state index contributed by atoms with van der Waals surface area (Å²) in [5.41, 5.74) is 0. The van der Waals surface area contributed by atoms with Crippen molar-refractivity contribution in [1.82, 2.24) is 4.90 Å². The zero-order valence-corrected chi connectivity index (χ0v) is 6.41. The molecular weight excluding hydrogens is 146 g/mol. The van der Waals surface area contributed by atoms with E-state index in [-0.39, 0.29) is 5.91 Å². The van der Waals surface area contributed by atoms with E-state index in [1.165, 1.54) is 0 Å². The Morgan fingerprint density at radius 1 is 1.82 bits per heavy atom. The number of aliphatic carboxylic acids is 1. The Kier molecular flexibility index (Phi) is 2.12. The van der Waals surface area contributed by atoms with Gasteiger partial charge < -0.3 is 10.0 Å². The maximum atomic E-state index is 10.7. The van der Waals surface area contributed by atoms with Gasteiger partial charge in [-0.2, -0.15) is 0 Å². The predicted octanol–water partition coefficient (Wildman–Crippen LogP) is -0.0606. The van der Waals surface area contributed by atoms with Crippen LogP contribution in [0.5, 0.6) is 0 Å². The Hall–Kier alpha value is -1.06. The molecule has 1 unspecified atom stereocenters. The van der Waals surface area contributed by atoms with Crippen LogP contribution in [0.15, 0.2) is 0 Å². The maximum absolute atomic E-state index is 10.7. The van der Waals surface area contributed by atoms with Gasteiger partial charge in [-0.1, -0.05) is 6.92 Å². The molecule has 1 aliphatic heterocycles. The number of hydrogen-bond donors (Lipinski definition) is 1. The summed E-state index contributed by atoms with van der Waals surface area (Å²) in [6, 6.07) is 0. The number of amides is 1. The van der Waals surface area contributed by atoms with Crippen molar-refractivity contribution in [2.75, 3.05) is 13.1 Å². The van der Waals surface area contributed by atoms with Crippen molar-refractivity contribution in [3.63, 3.8) is 0 Å². The number of rotatable bonds is 3. The monoisotopic (exact) mass is 157 g/mol. The van der Waals surface area contributed by atoms with Crippen molar-refractivity contribution >= 4 is 11.9 Å². The number of likely N-dealkylation sites (tertiary alicyclic amines) is 1. The van der Waals surface area contributed by atoms with Gasteiger partial charge >= 0.3 is 5.97 Å². The van der Waals surface area contributed by atoms with Crippen LogP contribution in [-0.2, 0) is 9.59 Å². The van der Waals surface area contributed by atoms with E-state index < -0.39 is 11.9 Å². The number of hydrogen-bond acceptors (Lipinski definition) is 2. The van der Waals surface area contributed by atoms with Crippen molar-refractivity contribution in [2.24, 2.45) is 5.92 Å². The summed E-state index contributed by atoms with van der Waals surface area (Å²) in [7, 11) is 0. The fraction of sp³-hybridized carbons (Fsp3) is 0.714. The first kappa shape index (κ1) is 8.04. The van der Waals surface area contributed by atoms with E-state index in [4.69, 9.17) is 5.11 Å². The molecule has 1 fully saturated rings. The minimum atomic E-state index is -0.843. The van der Waals surface area contributed by atoms with E-state index in [1.54, 1.807) is 11.8 Å². The second kappa shape index (κ2) is 2.90. The molecule has 62 valence electrons. The van der Waals surface area contributed by atoms with E-state index in [0.717, 1.165) is 6.54 Å². The largest absolute Gasteiger partial charge is 0.481 e. The zero-order valence-electron chi connectivity index (χ0n) is 6.41. The van der Waals surface area contributed by atoms with E-state index in [1.807, 2.05) is 0 Å². The number of carbonyl (C=O) groups is 2. The second-order valence-electron chi connectivity index (χ2n) is 2.83. The molecule has 1 rings (SSSR count). The summed E-state index contributed by atoms with van der Waals surface area (Å²) in [5.74, 6) is -1.22. The van der Waals surface area contributed by atoms with Gasteiger partial charge in [0.15, 0.2) is 0 Å². The molecule has 0 saturated carbocycles. The lowest BCUT2D eigenvalue weighted by molar-refractivity contribution is -0.146. The summed E-state index contributed by atoms with van der Waals surface area (Å²) < 4.78 is 0. The lowest BCUT2D eigenvalue weighted by Gasteiger charge is -2.31. The minimum absolute atomic E-state index is 0.0677. The second-order valence-corrected chi connectivity index (χ2v) is 2.83. The molecule has 0 spiro atoms. The molecule has 1 saturated heterocycles. The minimum Gasteiger partial charge on any atom is -0.481 e. The quantitative estimate of drug-likeness (QED) is 0.584. The summed E-state index contributed by atoms with van der Waals surface area (Å²) >= 11 is 0. The van der Waals surface area contributed by atoms with Crippen LogP contribution in [0.2, 0.25) is 0 Å². The van der Waals surface area contributed by atoms with Gasteiger partial charge in [-0.25, -0.2) is 0 Å². The Balaban J connectivity index is 2.30. The third kappa shape index (κ3) is 1.69. The fourth-order valence-corrected chi connectivity index (χ4v) is 0.963. The third-order valence-corrected chi connectivity index (χ3v) is 1.86. The Morgan fingerprint density at radius 2 is 2.45 bits per heavy atom. The lowest BCUT2D eigenvalue weighted by atomic mass is 10.1. The van der Waals surface area contributed by atoms with Gasteiger partial charge in [-0.05, 0) is 0 Å². The maximum Gasteiger partial charge on any atom is 0.308 e. The standard InChI is InChI=1S/C7H11NO3/c1-5(7(10)11)4-8-3-2-6(8)9/h5H,2-4H2,1H3,(H,10,11). The molecule has 1 N–H and O–H groups in total. The smallest absolute Gasteiger partial charge is 0.308 e. The predicted molar refractivity (Wildman–Crippen MR) is 38.0 cm³/mol. The van der Waals surface area contributed by atoms with Crippen LogP contribution in [0.3, 0.4) is 0 Å². The van der Waals surface area contributed by atoms with Gasteiger partial charge in [-0.3, -0.25) is 9.59 Å². The number of carbonyl (C=O) groups excluding carboxylic acids is 1. The Bertz CT molecular complexity index is 182. The summed E-state index contributed by atoms with van der Waals surface area (Å²) in [5, 5.41) is 8.50. The molecule has 0 aliphatic carbocycles. The van der Waals surface area contributed by atoms with Crippen molar-refractivity contribution in [3.8, 4) is 0 Å². The highest BCUT2D eigenvalue weighted by Gasteiger charge is 2.26. The number of nitrogens with zero attached hydrogens (tertiary/aromatic N) is 1. The third-order valence-electron chi connectivity index (χ3n) is 1.86. The van der Waals surface area contributed by atoms with Crippen molar-refractivity contribution in [1.29, 1.82) is 0 Å². The summed E-state index contributed by atoms with van der Waals surface area (Å²) in [6.45, 7) is 2.68. The normalized spacial score (nSPS) is 19.4. The Labute approximate surface area is 64.8 Å². The van der Waals surface area contributed by atoms with Crippen LogP contribution in [0.25, 0.3) is 0 Å². The van der Waals surface area contributed by atoms with E-state index in [9.17, 15) is 9.59 Å². The number of carboxylic acid groups (broad SMARTS) is 1. The van der Waals surface area contributed by atoms with Crippen LogP contribution >= 0.6 is 0 Å². The molecule has 0 aromatic heterocycles. The number of carboxylic acids is 1. The molecule has 1 amide bonds. The molecule has 1 aliphatic rings. The Morgan fingerprint density at radius 3 is 2.73 bits per heavy atom. The average molecular weight is 157 g/mol. The fourth-order valence-electron chi connectivity index (χ4n) is 0.963. The molecule has 0 bridgehead atoms. The summed E-state index contributed by atoms with van der Waals surface area (Å²) in [6.07, 6.45) is 0.576. The molecule has 11 heavy (non-hydrogen) atoms. The SMILES string of the molecule is CC(CN1CCC1=O)C(=O)O. The molecule has 4 nitrogen and oxygen atoms in total. The van der Waals surface area contributed by atoms with Crippen LogP contribution in [0, 0.1) is 5.92 Å². The zero-order chi connectivity index (χ0) is 8.43. The molecule has 4 heteroatoms. The van der Waals surface area contributed by atoms with E-state index >= 15 is 0 Å². The molecule has 1 heterocycles. The molecule has 1 atom stereocenters. The molecule has 0 radical (unpaired) electrons. The van der Waals surface area contributed by atoms with Gasteiger partial charge in [0.25, 0.3) is 0 Å². The van der Waals surface area contributed by atoms with Gasteiger partial charge in [0.2, 0.25) is 5.91 Å². The highest BCUT2D eigenvalue weighted by molar-refractivity contribution is 5.82. The van der Waals surface area contributed by atoms with Crippen molar-refractivity contribution in [3.05, 3.63) is 0 Å².